The average molecular weight is 203 g/mol. The van der Waals surface area contributed by atoms with Gasteiger partial charge in [-0.05, 0) is 25.6 Å². The zero-order chi connectivity index (χ0) is 10.8. The van der Waals surface area contributed by atoms with Crippen molar-refractivity contribution in [3.05, 3.63) is 40.4 Å². The van der Waals surface area contributed by atoms with E-state index in [1.807, 2.05) is 26.1 Å². The van der Waals surface area contributed by atoms with Crippen molar-refractivity contribution in [3.8, 4) is 0 Å². The van der Waals surface area contributed by atoms with Crippen molar-refractivity contribution in [1.82, 2.24) is 15.3 Å². The Kier molecular flexibility index (Phi) is 2.51. The molecule has 0 spiro atoms. The van der Waals surface area contributed by atoms with Crippen LogP contribution in [0.5, 0.6) is 0 Å². The van der Waals surface area contributed by atoms with Crippen molar-refractivity contribution in [2.24, 2.45) is 0 Å². The Balaban J connectivity index is 2.77. The van der Waals surface area contributed by atoms with Gasteiger partial charge >= 0.3 is 0 Å². The lowest BCUT2D eigenvalue weighted by molar-refractivity contribution is 0.654. The maximum atomic E-state index is 11.5. The molecular weight excluding hydrogens is 190 g/mol. The maximum absolute atomic E-state index is 11.5. The van der Waals surface area contributed by atoms with Crippen molar-refractivity contribution in [1.29, 1.82) is 0 Å². The third-order valence-electron chi connectivity index (χ3n) is 2.59. The van der Waals surface area contributed by atoms with Crippen LogP contribution >= 0.6 is 0 Å². The second kappa shape index (κ2) is 3.82. The summed E-state index contributed by atoms with van der Waals surface area (Å²) in [6.45, 7) is 2.04. The lowest BCUT2D eigenvalue weighted by Crippen LogP contribution is -2.16. The van der Waals surface area contributed by atoms with Gasteiger partial charge in [-0.15, -0.1) is 0 Å². The quantitative estimate of drug-likeness (QED) is 0.771. The van der Waals surface area contributed by atoms with Gasteiger partial charge in [-0.3, -0.25) is 9.78 Å². The molecule has 4 nitrogen and oxygen atoms in total. The molecule has 2 heterocycles. The summed E-state index contributed by atoms with van der Waals surface area (Å²) in [5, 5.41) is 4.05. The minimum Gasteiger partial charge on any atom is -0.327 e. The fourth-order valence-corrected chi connectivity index (χ4v) is 1.62. The number of fused-ring (bicyclic) bond motifs is 1. The summed E-state index contributed by atoms with van der Waals surface area (Å²) < 4.78 is 0. The predicted molar refractivity (Wildman–Crippen MR) is 59.8 cm³/mol. The third kappa shape index (κ3) is 1.64. The van der Waals surface area contributed by atoms with Crippen LogP contribution in [-0.4, -0.2) is 17.0 Å². The summed E-state index contributed by atoms with van der Waals surface area (Å²) in [5.74, 6) is 0. The van der Waals surface area contributed by atoms with Crippen LogP contribution in [0.15, 0.2) is 29.3 Å². The van der Waals surface area contributed by atoms with Gasteiger partial charge in [-0.25, -0.2) is 0 Å². The number of hydrogen-bond donors (Lipinski definition) is 2. The number of hydrogen-bond acceptors (Lipinski definition) is 3. The molecule has 0 bridgehead atoms. The van der Waals surface area contributed by atoms with Gasteiger partial charge in [0.15, 0.2) is 0 Å². The Hall–Kier alpha value is -1.68. The summed E-state index contributed by atoms with van der Waals surface area (Å²) >= 11 is 0. The molecule has 0 aliphatic carbocycles. The molecule has 0 saturated carbocycles. The lowest BCUT2D eigenvalue weighted by atomic mass is 10.1. The van der Waals surface area contributed by atoms with E-state index in [9.17, 15) is 4.79 Å². The molecule has 0 aliphatic heterocycles. The molecule has 1 atom stereocenters. The van der Waals surface area contributed by atoms with Crippen LogP contribution in [0, 0.1) is 0 Å². The Morgan fingerprint density at radius 2 is 2.33 bits per heavy atom. The van der Waals surface area contributed by atoms with Crippen molar-refractivity contribution in [2.45, 2.75) is 13.0 Å². The van der Waals surface area contributed by atoms with Crippen LogP contribution in [0.2, 0.25) is 0 Å². The standard InChI is InChI=1S/C11H13N3O/c1-7(12-2)9-6-14-11(15)10-8(9)4-3-5-13-10/h3-7,12H,1-2H3,(H,14,15). The number of aromatic amines is 1. The summed E-state index contributed by atoms with van der Waals surface area (Å²) in [5.41, 5.74) is 1.41. The first kappa shape index (κ1) is 9.86. The molecule has 0 aliphatic rings. The van der Waals surface area contributed by atoms with Gasteiger partial charge in [0.2, 0.25) is 0 Å². The highest BCUT2D eigenvalue weighted by Crippen LogP contribution is 2.18. The molecule has 78 valence electrons. The smallest absolute Gasteiger partial charge is 0.274 e. The molecule has 0 saturated heterocycles. The largest absolute Gasteiger partial charge is 0.327 e. The number of nitrogens with one attached hydrogen (secondary N) is 2. The highest BCUT2D eigenvalue weighted by molar-refractivity contribution is 5.81. The zero-order valence-electron chi connectivity index (χ0n) is 8.74. The first-order chi connectivity index (χ1) is 7.24. The predicted octanol–water partition coefficient (Wildman–Crippen LogP) is 1.20. The van der Waals surface area contributed by atoms with E-state index in [2.05, 4.69) is 15.3 Å². The van der Waals surface area contributed by atoms with Gasteiger partial charge in [0.05, 0.1) is 0 Å². The summed E-state index contributed by atoms with van der Waals surface area (Å²) in [7, 11) is 1.89. The van der Waals surface area contributed by atoms with Gasteiger partial charge in [0, 0.05) is 23.8 Å². The molecule has 0 radical (unpaired) electrons. The van der Waals surface area contributed by atoms with E-state index in [4.69, 9.17) is 0 Å². The fraction of sp³-hybridized carbons (Fsp3) is 0.273. The summed E-state index contributed by atoms with van der Waals surface area (Å²) in [6.07, 6.45) is 3.37. The Labute approximate surface area is 87.4 Å². The number of nitrogens with zero attached hydrogens (tertiary/aromatic N) is 1. The summed E-state index contributed by atoms with van der Waals surface area (Å²) in [6, 6.07) is 3.95. The minimum atomic E-state index is -0.141. The van der Waals surface area contributed by atoms with Crippen LogP contribution in [0.25, 0.3) is 10.9 Å². The first-order valence-corrected chi connectivity index (χ1v) is 4.87. The molecule has 15 heavy (non-hydrogen) atoms. The second-order valence-electron chi connectivity index (χ2n) is 3.48. The van der Waals surface area contributed by atoms with Crippen molar-refractivity contribution >= 4 is 10.9 Å². The van der Waals surface area contributed by atoms with Crippen LogP contribution in [0.1, 0.15) is 18.5 Å². The van der Waals surface area contributed by atoms with Crippen LogP contribution in [0.3, 0.4) is 0 Å². The molecule has 0 fully saturated rings. The monoisotopic (exact) mass is 203 g/mol. The van der Waals surface area contributed by atoms with Gasteiger partial charge in [0.25, 0.3) is 5.56 Å². The van der Waals surface area contributed by atoms with Crippen LogP contribution in [0.4, 0.5) is 0 Å². The molecule has 0 aromatic carbocycles. The Morgan fingerprint density at radius 1 is 1.53 bits per heavy atom. The van der Waals surface area contributed by atoms with Crippen molar-refractivity contribution < 1.29 is 0 Å². The maximum Gasteiger partial charge on any atom is 0.274 e. The van der Waals surface area contributed by atoms with Gasteiger partial charge < -0.3 is 10.3 Å². The van der Waals surface area contributed by atoms with Gasteiger partial charge in [-0.1, -0.05) is 6.07 Å². The molecule has 2 rings (SSSR count). The molecule has 0 amide bonds. The second-order valence-corrected chi connectivity index (χ2v) is 3.48. The minimum absolute atomic E-state index is 0.141. The lowest BCUT2D eigenvalue weighted by Gasteiger charge is -2.12. The van der Waals surface area contributed by atoms with Crippen LogP contribution < -0.4 is 10.9 Å². The number of H-pyrrole nitrogens is 1. The number of rotatable bonds is 2. The molecule has 2 N–H and O–H groups in total. The van der Waals surface area contributed by atoms with Crippen molar-refractivity contribution in [2.75, 3.05) is 7.05 Å². The van der Waals surface area contributed by atoms with Gasteiger partial charge in [-0.2, -0.15) is 0 Å². The van der Waals surface area contributed by atoms with Crippen molar-refractivity contribution in [3.63, 3.8) is 0 Å². The van der Waals surface area contributed by atoms with E-state index in [1.165, 1.54) is 0 Å². The Bertz CT molecular complexity index is 533. The normalized spacial score (nSPS) is 12.9. The topological polar surface area (TPSA) is 57.8 Å². The first-order valence-electron chi connectivity index (χ1n) is 4.87. The van der Waals surface area contributed by atoms with E-state index in [1.54, 1.807) is 12.4 Å². The number of aromatic nitrogens is 2. The molecule has 1 unspecified atom stereocenters. The highest BCUT2D eigenvalue weighted by atomic mass is 16.1. The number of pyridine rings is 2. The molecular formula is C11H13N3O. The average Bonchev–Trinajstić information content (AvgIpc) is 2.29. The molecule has 2 aromatic heterocycles. The van der Waals surface area contributed by atoms with E-state index < -0.39 is 0 Å². The molecule has 2 aromatic rings. The van der Waals surface area contributed by atoms with E-state index >= 15 is 0 Å². The van der Waals surface area contributed by atoms with E-state index in [-0.39, 0.29) is 11.6 Å². The fourth-order valence-electron chi connectivity index (χ4n) is 1.62. The van der Waals surface area contributed by atoms with Crippen LogP contribution in [-0.2, 0) is 0 Å². The van der Waals surface area contributed by atoms with Gasteiger partial charge in [0.1, 0.15) is 5.52 Å². The highest BCUT2D eigenvalue weighted by Gasteiger charge is 2.09. The summed E-state index contributed by atoms with van der Waals surface area (Å²) in [4.78, 5) is 18.3. The zero-order valence-corrected chi connectivity index (χ0v) is 8.74. The third-order valence-corrected chi connectivity index (χ3v) is 2.59. The van der Waals surface area contributed by atoms with E-state index in [0.717, 1.165) is 10.9 Å². The Morgan fingerprint density at radius 3 is 3.07 bits per heavy atom. The van der Waals surface area contributed by atoms with E-state index in [0.29, 0.717) is 5.52 Å². The SMILES string of the molecule is CNC(C)c1c[nH]c(=O)c2ncccc12. The molecule has 4 heteroatoms.